The molecule has 0 bridgehead atoms. The number of hydrogen-bond acceptors (Lipinski definition) is 7. The highest BCUT2D eigenvalue weighted by molar-refractivity contribution is 7.89. The zero-order valence-corrected chi connectivity index (χ0v) is 17.0. The Morgan fingerprint density at radius 3 is 2.45 bits per heavy atom. The molecule has 31 heavy (non-hydrogen) atoms. The monoisotopic (exact) mass is 438 g/mol. The van der Waals surface area contributed by atoms with E-state index in [9.17, 15) is 13.2 Å². The number of nitrogens with one attached hydrogen (secondary N) is 1. The molecule has 0 atom stereocenters. The van der Waals surface area contributed by atoms with Crippen LogP contribution in [0.15, 0.2) is 71.6 Å². The van der Waals surface area contributed by atoms with Gasteiger partial charge in [0.15, 0.2) is 11.5 Å². The fourth-order valence-corrected chi connectivity index (χ4v) is 3.35. The SMILES string of the molecule is NS(=O)(=O)c1ccc(C(=O)NCCOc2ccc3nnc(-c4ccccc4)n3n2)cc1. The van der Waals surface area contributed by atoms with Gasteiger partial charge in [-0.05, 0) is 30.3 Å². The summed E-state index contributed by atoms with van der Waals surface area (Å²) in [6.07, 6.45) is 0. The van der Waals surface area contributed by atoms with Crippen LogP contribution in [0.25, 0.3) is 17.0 Å². The molecule has 0 aliphatic rings. The Labute approximate surface area is 177 Å². The molecular weight excluding hydrogens is 420 g/mol. The van der Waals surface area contributed by atoms with E-state index >= 15 is 0 Å². The molecule has 0 aliphatic carbocycles. The van der Waals surface area contributed by atoms with Gasteiger partial charge in [-0.2, -0.15) is 4.52 Å². The highest BCUT2D eigenvalue weighted by Crippen LogP contribution is 2.18. The Bertz CT molecular complexity index is 1320. The van der Waals surface area contributed by atoms with Crippen LogP contribution in [0.5, 0.6) is 5.88 Å². The van der Waals surface area contributed by atoms with Crippen LogP contribution in [0.3, 0.4) is 0 Å². The van der Waals surface area contributed by atoms with E-state index in [1.807, 2.05) is 30.3 Å². The van der Waals surface area contributed by atoms with Gasteiger partial charge in [-0.1, -0.05) is 30.3 Å². The quantitative estimate of drug-likeness (QED) is 0.414. The lowest BCUT2D eigenvalue weighted by Crippen LogP contribution is -2.28. The first-order valence-corrected chi connectivity index (χ1v) is 10.8. The molecule has 3 N–H and O–H groups in total. The van der Waals surface area contributed by atoms with E-state index in [-0.39, 0.29) is 24.0 Å². The molecule has 4 rings (SSSR count). The summed E-state index contributed by atoms with van der Waals surface area (Å²) in [7, 11) is -3.80. The average Bonchev–Trinajstić information content (AvgIpc) is 3.20. The molecule has 0 saturated heterocycles. The average molecular weight is 438 g/mol. The van der Waals surface area contributed by atoms with Crippen LogP contribution >= 0.6 is 0 Å². The molecule has 2 heterocycles. The number of amides is 1. The third-order valence-corrected chi connectivity index (χ3v) is 5.28. The first kappa shape index (κ1) is 20.4. The van der Waals surface area contributed by atoms with Crippen molar-refractivity contribution in [1.82, 2.24) is 25.1 Å². The molecule has 10 nitrogen and oxygen atoms in total. The largest absolute Gasteiger partial charge is 0.475 e. The van der Waals surface area contributed by atoms with Crippen molar-refractivity contribution in [3.63, 3.8) is 0 Å². The molecule has 4 aromatic rings. The van der Waals surface area contributed by atoms with Crippen molar-refractivity contribution >= 4 is 21.6 Å². The third kappa shape index (κ3) is 4.68. The number of rotatable bonds is 7. The van der Waals surface area contributed by atoms with Crippen LogP contribution in [-0.4, -0.2) is 47.3 Å². The maximum atomic E-state index is 12.2. The highest BCUT2D eigenvalue weighted by Gasteiger charge is 2.11. The highest BCUT2D eigenvalue weighted by atomic mass is 32.2. The second-order valence-electron chi connectivity index (χ2n) is 6.50. The second-order valence-corrected chi connectivity index (χ2v) is 8.07. The van der Waals surface area contributed by atoms with Crippen LogP contribution in [-0.2, 0) is 10.0 Å². The zero-order chi connectivity index (χ0) is 21.8. The third-order valence-electron chi connectivity index (χ3n) is 4.35. The topological polar surface area (TPSA) is 142 Å². The summed E-state index contributed by atoms with van der Waals surface area (Å²) < 4.78 is 29.8. The van der Waals surface area contributed by atoms with E-state index in [2.05, 4.69) is 20.6 Å². The Morgan fingerprint density at radius 1 is 1.00 bits per heavy atom. The predicted octanol–water partition coefficient (Wildman–Crippen LogP) is 1.25. The molecular formula is C20H18N6O4S. The van der Waals surface area contributed by atoms with Crippen molar-refractivity contribution in [2.45, 2.75) is 4.90 Å². The molecule has 0 aliphatic heterocycles. The summed E-state index contributed by atoms with van der Waals surface area (Å²) in [6, 6.07) is 18.3. The lowest BCUT2D eigenvalue weighted by Gasteiger charge is -2.08. The Hall–Kier alpha value is -3.83. The van der Waals surface area contributed by atoms with Gasteiger partial charge in [0, 0.05) is 17.2 Å². The number of primary sulfonamides is 1. The maximum absolute atomic E-state index is 12.2. The predicted molar refractivity (Wildman–Crippen MR) is 112 cm³/mol. The second kappa shape index (κ2) is 8.50. The molecule has 2 aromatic heterocycles. The van der Waals surface area contributed by atoms with Crippen LogP contribution < -0.4 is 15.2 Å². The number of carbonyl (C=O) groups excluding carboxylic acids is 1. The van der Waals surface area contributed by atoms with Gasteiger partial charge < -0.3 is 10.1 Å². The molecule has 0 spiro atoms. The first-order valence-electron chi connectivity index (χ1n) is 9.23. The normalized spacial score (nSPS) is 11.4. The van der Waals surface area contributed by atoms with Crippen LogP contribution in [0, 0.1) is 0 Å². The fraction of sp³-hybridized carbons (Fsp3) is 0.100. The molecule has 0 radical (unpaired) electrons. The summed E-state index contributed by atoms with van der Waals surface area (Å²) >= 11 is 0. The summed E-state index contributed by atoms with van der Waals surface area (Å²) in [5, 5.41) is 20.4. The Morgan fingerprint density at radius 2 is 1.74 bits per heavy atom. The van der Waals surface area contributed by atoms with Crippen molar-refractivity contribution < 1.29 is 17.9 Å². The van der Waals surface area contributed by atoms with E-state index in [4.69, 9.17) is 9.88 Å². The molecule has 11 heteroatoms. The van der Waals surface area contributed by atoms with Gasteiger partial charge in [0.1, 0.15) is 6.61 Å². The summed E-state index contributed by atoms with van der Waals surface area (Å²) in [5.41, 5.74) is 1.77. The van der Waals surface area contributed by atoms with Gasteiger partial charge in [-0.25, -0.2) is 13.6 Å². The maximum Gasteiger partial charge on any atom is 0.251 e. The van der Waals surface area contributed by atoms with Gasteiger partial charge in [0.2, 0.25) is 15.9 Å². The minimum absolute atomic E-state index is 0.0577. The number of hydrogen-bond donors (Lipinski definition) is 2. The van der Waals surface area contributed by atoms with Gasteiger partial charge in [-0.15, -0.1) is 15.3 Å². The standard InChI is InChI=1S/C20H18N6O4S/c21-31(28,29)16-8-6-15(7-9-16)20(27)22-12-13-30-18-11-10-17-23-24-19(26(17)25-18)14-4-2-1-3-5-14/h1-11H,12-13H2,(H,22,27)(H2,21,28,29). The number of aromatic nitrogens is 4. The van der Waals surface area contributed by atoms with Crippen molar-refractivity contribution in [1.29, 1.82) is 0 Å². The molecule has 2 aromatic carbocycles. The van der Waals surface area contributed by atoms with Crippen LogP contribution in [0.4, 0.5) is 0 Å². The van der Waals surface area contributed by atoms with E-state index in [0.29, 0.717) is 22.9 Å². The fourth-order valence-electron chi connectivity index (χ4n) is 2.83. The first-order chi connectivity index (χ1) is 14.9. The minimum Gasteiger partial charge on any atom is -0.475 e. The van der Waals surface area contributed by atoms with Gasteiger partial charge in [-0.3, -0.25) is 4.79 Å². The Balaban J connectivity index is 1.36. The van der Waals surface area contributed by atoms with Crippen molar-refractivity contribution in [2.75, 3.05) is 13.2 Å². The number of fused-ring (bicyclic) bond motifs is 1. The van der Waals surface area contributed by atoms with E-state index in [1.54, 1.807) is 16.6 Å². The van der Waals surface area contributed by atoms with Crippen molar-refractivity contribution in [2.24, 2.45) is 5.14 Å². The lowest BCUT2D eigenvalue weighted by atomic mass is 10.2. The summed E-state index contributed by atoms with van der Waals surface area (Å²) in [6.45, 7) is 0.408. The number of carbonyl (C=O) groups is 1. The smallest absolute Gasteiger partial charge is 0.251 e. The lowest BCUT2D eigenvalue weighted by molar-refractivity contribution is 0.0946. The van der Waals surface area contributed by atoms with Crippen molar-refractivity contribution in [3.05, 3.63) is 72.3 Å². The van der Waals surface area contributed by atoms with Gasteiger partial charge >= 0.3 is 0 Å². The Kier molecular flexibility index (Phi) is 5.60. The molecule has 0 fully saturated rings. The van der Waals surface area contributed by atoms with Gasteiger partial charge in [0.05, 0.1) is 11.4 Å². The minimum atomic E-state index is -3.80. The summed E-state index contributed by atoms with van der Waals surface area (Å²) in [4.78, 5) is 12.1. The number of nitrogens with zero attached hydrogens (tertiary/aromatic N) is 4. The molecule has 0 unspecified atom stereocenters. The van der Waals surface area contributed by atoms with E-state index < -0.39 is 10.0 Å². The number of nitrogens with two attached hydrogens (primary N) is 1. The number of benzene rings is 2. The van der Waals surface area contributed by atoms with E-state index in [1.165, 1.54) is 24.3 Å². The van der Waals surface area contributed by atoms with Crippen LogP contribution in [0.2, 0.25) is 0 Å². The zero-order valence-electron chi connectivity index (χ0n) is 16.2. The van der Waals surface area contributed by atoms with Crippen molar-refractivity contribution in [3.8, 4) is 17.3 Å². The number of ether oxygens (including phenoxy) is 1. The summed E-state index contributed by atoms with van der Waals surface area (Å²) in [5.74, 6) is 0.590. The molecule has 158 valence electrons. The number of sulfonamides is 1. The van der Waals surface area contributed by atoms with Gasteiger partial charge in [0.25, 0.3) is 5.91 Å². The van der Waals surface area contributed by atoms with Crippen LogP contribution in [0.1, 0.15) is 10.4 Å². The molecule has 0 saturated carbocycles. The van der Waals surface area contributed by atoms with E-state index in [0.717, 1.165) is 5.56 Å². The molecule has 1 amide bonds.